The molecule has 0 unspecified atom stereocenters. The van der Waals surface area contributed by atoms with Crippen LogP contribution >= 0.6 is 0 Å². The Bertz CT molecular complexity index is 577. The van der Waals surface area contributed by atoms with Crippen molar-refractivity contribution in [1.29, 1.82) is 0 Å². The summed E-state index contributed by atoms with van der Waals surface area (Å²) < 4.78 is 5.05. The van der Waals surface area contributed by atoms with Gasteiger partial charge in [0.25, 0.3) is 0 Å². The number of carbonyl (C=O) groups excluding carboxylic acids is 1. The Morgan fingerprint density at radius 3 is 2.70 bits per heavy atom. The second kappa shape index (κ2) is 6.27. The van der Waals surface area contributed by atoms with E-state index in [-0.39, 0.29) is 12.1 Å². The predicted molar refractivity (Wildman–Crippen MR) is 73.8 cm³/mol. The highest BCUT2D eigenvalue weighted by Crippen LogP contribution is 2.14. The Hall–Kier alpha value is -2.24. The van der Waals surface area contributed by atoms with Crippen LogP contribution in [0.25, 0.3) is 11.4 Å². The number of nitrogens with zero attached hydrogens (tertiary/aromatic N) is 4. The number of esters is 1. The third-order valence-electron chi connectivity index (χ3n) is 2.87. The largest absolute Gasteiger partial charge is 0.463 e. The summed E-state index contributed by atoms with van der Waals surface area (Å²) in [5.74, 6) is 0.328. The summed E-state index contributed by atoms with van der Waals surface area (Å²) in [5.41, 5.74) is 2.13. The zero-order chi connectivity index (χ0) is 14.5. The molecular weight excluding hydrogens is 256 g/mol. The summed E-state index contributed by atoms with van der Waals surface area (Å²) >= 11 is 0. The third kappa shape index (κ3) is 3.88. The van der Waals surface area contributed by atoms with E-state index in [1.54, 1.807) is 0 Å². The summed E-state index contributed by atoms with van der Waals surface area (Å²) in [4.78, 5) is 12.3. The Morgan fingerprint density at radius 1 is 1.35 bits per heavy atom. The molecule has 2 rings (SSSR count). The van der Waals surface area contributed by atoms with Crippen LogP contribution < -0.4 is 0 Å². The Balaban J connectivity index is 1.95. The van der Waals surface area contributed by atoms with Gasteiger partial charge in [-0.25, -0.2) is 0 Å². The lowest BCUT2D eigenvalue weighted by Gasteiger charge is -2.10. The quantitative estimate of drug-likeness (QED) is 0.780. The zero-order valence-electron chi connectivity index (χ0n) is 11.9. The number of aryl methyl sites for hydroxylation is 2. The fourth-order valence-electron chi connectivity index (χ4n) is 1.80. The molecule has 6 heteroatoms. The number of tetrazole rings is 1. The van der Waals surface area contributed by atoms with Gasteiger partial charge in [0, 0.05) is 18.9 Å². The monoisotopic (exact) mass is 274 g/mol. The van der Waals surface area contributed by atoms with Gasteiger partial charge in [0.2, 0.25) is 5.82 Å². The van der Waals surface area contributed by atoms with Crippen molar-refractivity contribution in [1.82, 2.24) is 20.2 Å². The van der Waals surface area contributed by atoms with Crippen molar-refractivity contribution < 1.29 is 9.53 Å². The van der Waals surface area contributed by atoms with Gasteiger partial charge in [-0.3, -0.25) is 4.79 Å². The van der Waals surface area contributed by atoms with Gasteiger partial charge in [-0.05, 0) is 19.1 Å². The summed E-state index contributed by atoms with van der Waals surface area (Å²) in [7, 11) is 0. The standard InChI is InChI=1S/C14H18N4O2/c1-10-4-6-13(7-5-10)14-15-17-18(16-14)9-8-11(2)20-12(3)19/h4-7,11H,8-9H2,1-3H3/t11-/m0/s1. The van der Waals surface area contributed by atoms with Gasteiger partial charge < -0.3 is 4.74 Å². The first-order valence-electron chi connectivity index (χ1n) is 6.56. The molecule has 0 radical (unpaired) electrons. The molecule has 0 aliphatic rings. The van der Waals surface area contributed by atoms with Crippen molar-refractivity contribution in [2.75, 3.05) is 0 Å². The highest BCUT2D eigenvalue weighted by Gasteiger charge is 2.09. The number of aromatic nitrogens is 4. The van der Waals surface area contributed by atoms with Crippen molar-refractivity contribution >= 4 is 5.97 Å². The zero-order valence-corrected chi connectivity index (χ0v) is 11.9. The second-order valence-electron chi connectivity index (χ2n) is 4.78. The molecule has 0 fully saturated rings. The summed E-state index contributed by atoms with van der Waals surface area (Å²) in [6.45, 7) is 5.84. The molecule has 2 aromatic rings. The van der Waals surface area contributed by atoms with Crippen molar-refractivity contribution in [3.05, 3.63) is 29.8 Å². The minimum absolute atomic E-state index is 0.152. The van der Waals surface area contributed by atoms with E-state index in [2.05, 4.69) is 15.4 Å². The fourth-order valence-corrected chi connectivity index (χ4v) is 1.80. The number of carbonyl (C=O) groups is 1. The summed E-state index contributed by atoms with van der Waals surface area (Å²) in [6, 6.07) is 7.97. The highest BCUT2D eigenvalue weighted by atomic mass is 16.5. The number of hydrogen-bond donors (Lipinski definition) is 0. The summed E-state index contributed by atoms with van der Waals surface area (Å²) in [5, 5.41) is 12.3. The molecule has 1 aromatic carbocycles. The van der Waals surface area contributed by atoms with E-state index >= 15 is 0 Å². The van der Waals surface area contributed by atoms with Gasteiger partial charge in [-0.15, -0.1) is 10.2 Å². The maximum Gasteiger partial charge on any atom is 0.302 e. The van der Waals surface area contributed by atoms with Crippen LogP contribution in [0.15, 0.2) is 24.3 Å². The molecule has 0 aliphatic carbocycles. The molecule has 0 spiro atoms. The van der Waals surface area contributed by atoms with Crippen LogP contribution in [-0.4, -0.2) is 32.3 Å². The van der Waals surface area contributed by atoms with Crippen molar-refractivity contribution in [2.24, 2.45) is 0 Å². The third-order valence-corrected chi connectivity index (χ3v) is 2.87. The van der Waals surface area contributed by atoms with Crippen molar-refractivity contribution in [2.45, 2.75) is 39.8 Å². The van der Waals surface area contributed by atoms with Crippen LogP contribution in [0, 0.1) is 6.92 Å². The lowest BCUT2D eigenvalue weighted by atomic mass is 10.1. The van der Waals surface area contributed by atoms with Gasteiger partial charge in [0.1, 0.15) is 6.10 Å². The molecule has 106 valence electrons. The van der Waals surface area contributed by atoms with Crippen LogP contribution in [-0.2, 0) is 16.1 Å². The molecule has 0 N–H and O–H groups in total. The van der Waals surface area contributed by atoms with E-state index in [9.17, 15) is 4.79 Å². The molecule has 6 nitrogen and oxygen atoms in total. The lowest BCUT2D eigenvalue weighted by Crippen LogP contribution is -2.16. The number of benzene rings is 1. The van der Waals surface area contributed by atoms with Crippen LogP contribution in [0.5, 0.6) is 0 Å². The molecule has 0 aliphatic heterocycles. The topological polar surface area (TPSA) is 69.9 Å². The van der Waals surface area contributed by atoms with E-state index in [1.165, 1.54) is 17.3 Å². The fraction of sp³-hybridized carbons (Fsp3) is 0.429. The SMILES string of the molecule is CC(=O)O[C@@H](C)CCn1nnc(-c2ccc(C)cc2)n1. The number of hydrogen-bond acceptors (Lipinski definition) is 5. The van der Waals surface area contributed by atoms with E-state index in [1.807, 2.05) is 38.1 Å². The normalized spacial score (nSPS) is 12.2. The lowest BCUT2D eigenvalue weighted by molar-refractivity contribution is -0.145. The maximum atomic E-state index is 10.8. The van der Waals surface area contributed by atoms with Crippen LogP contribution in [0.3, 0.4) is 0 Å². The van der Waals surface area contributed by atoms with Crippen LogP contribution in [0.4, 0.5) is 0 Å². The van der Waals surface area contributed by atoms with Gasteiger partial charge in [0.05, 0.1) is 6.54 Å². The Kier molecular flexibility index (Phi) is 4.45. The van der Waals surface area contributed by atoms with Gasteiger partial charge >= 0.3 is 5.97 Å². The van der Waals surface area contributed by atoms with Crippen molar-refractivity contribution in [3.8, 4) is 11.4 Å². The van der Waals surface area contributed by atoms with Crippen LogP contribution in [0.1, 0.15) is 25.8 Å². The average molecular weight is 274 g/mol. The smallest absolute Gasteiger partial charge is 0.302 e. The number of ether oxygens (including phenoxy) is 1. The molecule has 0 saturated heterocycles. The second-order valence-corrected chi connectivity index (χ2v) is 4.78. The molecule has 20 heavy (non-hydrogen) atoms. The van der Waals surface area contributed by atoms with E-state index in [0.717, 1.165) is 5.56 Å². The van der Waals surface area contributed by atoms with Gasteiger partial charge in [0.15, 0.2) is 0 Å². The molecule has 0 bridgehead atoms. The van der Waals surface area contributed by atoms with Crippen LogP contribution in [0.2, 0.25) is 0 Å². The van der Waals surface area contributed by atoms with Gasteiger partial charge in [-0.2, -0.15) is 4.80 Å². The van der Waals surface area contributed by atoms with E-state index in [4.69, 9.17) is 4.74 Å². The Labute approximate surface area is 117 Å². The van der Waals surface area contributed by atoms with Gasteiger partial charge in [-0.1, -0.05) is 29.8 Å². The molecule has 1 heterocycles. The first kappa shape index (κ1) is 14.2. The summed E-state index contributed by atoms with van der Waals surface area (Å²) in [6.07, 6.45) is 0.504. The Morgan fingerprint density at radius 2 is 2.05 bits per heavy atom. The first-order chi connectivity index (χ1) is 9.54. The first-order valence-corrected chi connectivity index (χ1v) is 6.56. The van der Waals surface area contributed by atoms with Crippen molar-refractivity contribution in [3.63, 3.8) is 0 Å². The molecule has 0 saturated carbocycles. The minimum atomic E-state index is -0.274. The molecule has 1 aromatic heterocycles. The number of rotatable bonds is 5. The van der Waals surface area contributed by atoms with E-state index < -0.39 is 0 Å². The molecule has 1 atom stereocenters. The predicted octanol–water partition coefficient (Wildman–Crippen LogP) is 1.99. The minimum Gasteiger partial charge on any atom is -0.463 e. The molecule has 0 amide bonds. The maximum absolute atomic E-state index is 10.8. The highest BCUT2D eigenvalue weighted by molar-refractivity contribution is 5.66. The molecular formula is C14H18N4O2. The van der Waals surface area contributed by atoms with E-state index in [0.29, 0.717) is 18.8 Å². The average Bonchev–Trinajstić information content (AvgIpc) is 2.85.